The summed E-state index contributed by atoms with van der Waals surface area (Å²) in [5.74, 6) is 0.961. The minimum absolute atomic E-state index is 0.0253. The second-order valence-corrected chi connectivity index (χ2v) is 5.73. The topological polar surface area (TPSA) is 41.5 Å². The monoisotopic (exact) mass is 298 g/mol. The Labute approximate surface area is 131 Å². The average molecular weight is 298 g/mol. The van der Waals surface area contributed by atoms with Crippen LogP contribution in [0.5, 0.6) is 0 Å². The minimum atomic E-state index is 0.0253. The zero-order chi connectivity index (χ0) is 15.4. The molecule has 0 aromatic carbocycles. The van der Waals surface area contributed by atoms with E-state index in [4.69, 9.17) is 9.72 Å². The van der Waals surface area contributed by atoms with E-state index in [0.29, 0.717) is 0 Å². The van der Waals surface area contributed by atoms with E-state index >= 15 is 0 Å². The molecule has 1 aliphatic heterocycles. The van der Waals surface area contributed by atoms with Gasteiger partial charge in [0.05, 0.1) is 18.0 Å². The first-order valence-corrected chi connectivity index (χ1v) is 7.60. The van der Waals surface area contributed by atoms with Crippen molar-refractivity contribution in [3.8, 4) is 0 Å². The molecule has 5 heteroatoms. The molecule has 1 aliphatic rings. The van der Waals surface area contributed by atoms with E-state index < -0.39 is 0 Å². The van der Waals surface area contributed by atoms with E-state index in [0.717, 1.165) is 43.4 Å². The van der Waals surface area contributed by atoms with Crippen LogP contribution >= 0.6 is 0 Å². The highest BCUT2D eigenvalue weighted by Gasteiger charge is 2.23. The highest BCUT2D eigenvalue weighted by atomic mass is 16.5. The first-order chi connectivity index (χ1) is 10.7. The maximum absolute atomic E-state index is 5.92. The summed E-state index contributed by atoms with van der Waals surface area (Å²) in [6.45, 7) is 3.36. The van der Waals surface area contributed by atoms with Gasteiger partial charge in [0.1, 0.15) is 11.9 Å². The maximum atomic E-state index is 5.92. The third-order valence-corrected chi connectivity index (χ3v) is 3.81. The number of morpholine rings is 1. The van der Waals surface area contributed by atoms with Crippen LogP contribution in [-0.2, 0) is 11.3 Å². The van der Waals surface area contributed by atoms with Crippen LogP contribution in [0.4, 0.5) is 5.82 Å². The maximum Gasteiger partial charge on any atom is 0.128 e. The fourth-order valence-corrected chi connectivity index (χ4v) is 2.61. The summed E-state index contributed by atoms with van der Waals surface area (Å²) in [6.07, 6.45) is 1.87. The van der Waals surface area contributed by atoms with Gasteiger partial charge in [-0.2, -0.15) is 0 Å². The molecule has 0 radical (unpaired) electrons. The molecule has 116 valence electrons. The molecular weight excluding hydrogens is 276 g/mol. The van der Waals surface area contributed by atoms with Gasteiger partial charge in [-0.25, -0.2) is 4.98 Å². The molecule has 0 saturated carbocycles. The van der Waals surface area contributed by atoms with Gasteiger partial charge in [-0.15, -0.1) is 0 Å². The van der Waals surface area contributed by atoms with Crippen molar-refractivity contribution in [1.82, 2.24) is 14.9 Å². The molecular formula is C17H22N4O. The average Bonchev–Trinajstić information content (AvgIpc) is 2.56. The van der Waals surface area contributed by atoms with Crippen LogP contribution in [0, 0.1) is 0 Å². The first kappa shape index (κ1) is 14.9. The highest BCUT2D eigenvalue weighted by molar-refractivity contribution is 5.37. The minimum Gasteiger partial charge on any atom is -0.369 e. The lowest BCUT2D eigenvalue weighted by atomic mass is 10.1. The number of aromatic nitrogens is 2. The van der Waals surface area contributed by atoms with E-state index in [1.807, 2.05) is 55.5 Å². The van der Waals surface area contributed by atoms with Gasteiger partial charge in [0, 0.05) is 39.9 Å². The Morgan fingerprint density at radius 3 is 2.91 bits per heavy atom. The molecule has 1 fully saturated rings. The Kier molecular flexibility index (Phi) is 4.65. The Morgan fingerprint density at radius 2 is 2.14 bits per heavy atom. The lowest BCUT2D eigenvalue weighted by Crippen LogP contribution is -2.38. The van der Waals surface area contributed by atoms with Crippen molar-refractivity contribution in [2.24, 2.45) is 0 Å². The Morgan fingerprint density at radius 1 is 1.23 bits per heavy atom. The summed E-state index contributed by atoms with van der Waals surface area (Å²) < 4.78 is 5.92. The Bertz CT molecular complexity index is 603. The van der Waals surface area contributed by atoms with E-state index in [2.05, 4.69) is 16.0 Å². The Balaban J connectivity index is 1.69. The fraction of sp³-hybridized carbons (Fsp3) is 0.412. The van der Waals surface area contributed by atoms with Gasteiger partial charge in [-0.3, -0.25) is 9.88 Å². The van der Waals surface area contributed by atoms with Gasteiger partial charge in [0.15, 0.2) is 0 Å². The first-order valence-electron chi connectivity index (χ1n) is 7.60. The standard InChI is InChI=1S/C17H22N4O/c1-20(2)17-8-5-7-15(19-17)16-13-21(10-11-22-16)12-14-6-3-4-9-18-14/h3-9,16H,10-13H2,1-2H3/t16-/m0/s1. The van der Waals surface area contributed by atoms with Crippen LogP contribution < -0.4 is 4.90 Å². The van der Waals surface area contributed by atoms with Crippen molar-refractivity contribution < 1.29 is 4.74 Å². The van der Waals surface area contributed by atoms with Crippen LogP contribution in [0.3, 0.4) is 0 Å². The summed E-state index contributed by atoms with van der Waals surface area (Å²) in [6, 6.07) is 12.1. The molecule has 3 heterocycles. The predicted octanol–water partition coefficient (Wildman–Crippen LogP) is 2.12. The molecule has 1 saturated heterocycles. The van der Waals surface area contributed by atoms with Gasteiger partial charge in [0.2, 0.25) is 0 Å². The summed E-state index contributed by atoms with van der Waals surface area (Å²) >= 11 is 0. The molecule has 22 heavy (non-hydrogen) atoms. The van der Waals surface area contributed by atoms with Crippen LogP contribution in [0.15, 0.2) is 42.6 Å². The van der Waals surface area contributed by atoms with E-state index in [9.17, 15) is 0 Å². The number of nitrogens with zero attached hydrogens (tertiary/aromatic N) is 4. The van der Waals surface area contributed by atoms with Crippen LogP contribution in [0.25, 0.3) is 0 Å². The van der Waals surface area contributed by atoms with E-state index in [1.54, 1.807) is 0 Å². The van der Waals surface area contributed by atoms with Gasteiger partial charge in [-0.1, -0.05) is 12.1 Å². The quantitative estimate of drug-likeness (QED) is 0.865. The molecule has 0 bridgehead atoms. The number of hydrogen-bond donors (Lipinski definition) is 0. The second kappa shape index (κ2) is 6.85. The van der Waals surface area contributed by atoms with Crippen molar-refractivity contribution in [2.75, 3.05) is 38.7 Å². The molecule has 0 spiro atoms. The van der Waals surface area contributed by atoms with Crippen molar-refractivity contribution in [1.29, 1.82) is 0 Å². The summed E-state index contributed by atoms with van der Waals surface area (Å²) in [5.41, 5.74) is 2.09. The molecule has 1 atom stereocenters. The molecule has 0 amide bonds. The summed E-state index contributed by atoms with van der Waals surface area (Å²) in [5, 5.41) is 0. The molecule has 0 aliphatic carbocycles. The van der Waals surface area contributed by atoms with E-state index in [-0.39, 0.29) is 6.10 Å². The predicted molar refractivity (Wildman–Crippen MR) is 86.8 cm³/mol. The second-order valence-electron chi connectivity index (χ2n) is 5.73. The van der Waals surface area contributed by atoms with Crippen LogP contribution in [-0.4, -0.2) is 48.7 Å². The molecule has 2 aromatic rings. The lowest BCUT2D eigenvalue weighted by molar-refractivity contribution is -0.0352. The van der Waals surface area contributed by atoms with Gasteiger partial charge < -0.3 is 9.64 Å². The zero-order valence-corrected chi connectivity index (χ0v) is 13.1. The number of anilines is 1. The van der Waals surface area contributed by atoms with Crippen molar-refractivity contribution >= 4 is 5.82 Å². The normalized spacial score (nSPS) is 19.1. The fourth-order valence-electron chi connectivity index (χ4n) is 2.61. The van der Waals surface area contributed by atoms with Crippen LogP contribution in [0.1, 0.15) is 17.5 Å². The number of rotatable bonds is 4. The van der Waals surface area contributed by atoms with Gasteiger partial charge >= 0.3 is 0 Å². The third kappa shape index (κ3) is 3.61. The van der Waals surface area contributed by atoms with E-state index in [1.165, 1.54) is 0 Å². The molecule has 0 N–H and O–H groups in total. The van der Waals surface area contributed by atoms with Gasteiger partial charge in [-0.05, 0) is 24.3 Å². The Hall–Kier alpha value is -1.98. The van der Waals surface area contributed by atoms with Crippen LogP contribution in [0.2, 0.25) is 0 Å². The summed E-state index contributed by atoms with van der Waals surface area (Å²) in [7, 11) is 4.00. The van der Waals surface area contributed by atoms with Crippen molar-refractivity contribution in [3.63, 3.8) is 0 Å². The smallest absolute Gasteiger partial charge is 0.128 e. The number of hydrogen-bond acceptors (Lipinski definition) is 5. The van der Waals surface area contributed by atoms with Crippen molar-refractivity contribution in [2.45, 2.75) is 12.6 Å². The molecule has 2 aromatic heterocycles. The number of ether oxygens (including phenoxy) is 1. The lowest BCUT2D eigenvalue weighted by Gasteiger charge is -2.32. The molecule has 3 rings (SSSR count). The number of pyridine rings is 2. The molecule has 0 unspecified atom stereocenters. The largest absolute Gasteiger partial charge is 0.369 e. The van der Waals surface area contributed by atoms with Crippen molar-refractivity contribution in [3.05, 3.63) is 54.0 Å². The SMILES string of the molecule is CN(C)c1cccc([C@@H]2CN(Cc3ccccn3)CCO2)n1. The molecule has 5 nitrogen and oxygen atoms in total. The third-order valence-electron chi connectivity index (χ3n) is 3.81. The zero-order valence-electron chi connectivity index (χ0n) is 13.1. The summed E-state index contributed by atoms with van der Waals surface area (Å²) in [4.78, 5) is 13.5. The van der Waals surface area contributed by atoms with Gasteiger partial charge in [0.25, 0.3) is 0 Å². The highest BCUT2D eigenvalue weighted by Crippen LogP contribution is 2.23.